The van der Waals surface area contributed by atoms with Gasteiger partial charge < -0.3 is 4.90 Å². The van der Waals surface area contributed by atoms with Gasteiger partial charge in [-0.1, -0.05) is 0 Å². The number of aryl methyl sites for hydroxylation is 1. The van der Waals surface area contributed by atoms with Crippen molar-refractivity contribution in [1.82, 2.24) is 14.8 Å². The number of piperidine rings is 1. The summed E-state index contributed by atoms with van der Waals surface area (Å²) >= 11 is 3.42. The number of aromatic nitrogens is 3. The molecule has 3 rings (SSSR count). The number of anilines is 1. The summed E-state index contributed by atoms with van der Waals surface area (Å²) in [6, 6.07) is 6.27. The van der Waals surface area contributed by atoms with E-state index in [0.717, 1.165) is 36.2 Å². The molecule has 1 aliphatic heterocycles. The Kier molecular flexibility index (Phi) is 3.55. The van der Waals surface area contributed by atoms with E-state index in [2.05, 4.69) is 49.1 Å². The monoisotopic (exact) mass is 320 g/mol. The average molecular weight is 321 g/mol. The molecule has 0 radical (unpaired) electrons. The highest BCUT2D eigenvalue weighted by atomic mass is 79.9. The second-order valence-corrected chi connectivity index (χ2v) is 5.89. The topological polar surface area (TPSA) is 34.0 Å². The third-order valence-corrected chi connectivity index (χ3v) is 4.28. The van der Waals surface area contributed by atoms with Crippen LogP contribution in [0.5, 0.6) is 0 Å². The smallest absolute Gasteiger partial charge is 0.128 e. The maximum absolute atomic E-state index is 4.47. The molecule has 0 aromatic carbocycles. The van der Waals surface area contributed by atoms with Crippen LogP contribution in [0.4, 0.5) is 5.82 Å². The van der Waals surface area contributed by atoms with Crippen LogP contribution in [0.15, 0.2) is 35.1 Å². The SMILES string of the molecule is Cn1nccc1C1CCN(c2ccc(Br)cn2)CC1. The van der Waals surface area contributed by atoms with Crippen molar-refractivity contribution >= 4 is 21.7 Å². The normalized spacial score (nSPS) is 16.8. The molecule has 19 heavy (non-hydrogen) atoms. The average Bonchev–Trinajstić information content (AvgIpc) is 2.86. The molecule has 100 valence electrons. The minimum absolute atomic E-state index is 0.624. The number of hydrogen-bond donors (Lipinski definition) is 0. The lowest BCUT2D eigenvalue weighted by molar-refractivity contribution is 0.475. The quantitative estimate of drug-likeness (QED) is 0.853. The first-order chi connectivity index (χ1) is 9.24. The third-order valence-electron chi connectivity index (χ3n) is 3.81. The number of halogens is 1. The molecule has 0 saturated carbocycles. The Morgan fingerprint density at radius 1 is 1.21 bits per heavy atom. The molecule has 0 unspecified atom stereocenters. The Bertz CT molecular complexity index is 541. The molecule has 0 atom stereocenters. The van der Waals surface area contributed by atoms with E-state index >= 15 is 0 Å². The molecule has 0 N–H and O–H groups in total. The number of pyridine rings is 1. The van der Waals surface area contributed by atoms with E-state index in [9.17, 15) is 0 Å². The predicted molar refractivity (Wildman–Crippen MR) is 79.3 cm³/mol. The van der Waals surface area contributed by atoms with Gasteiger partial charge in [0.25, 0.3) is 0 Å². The summed E-state index contributed by atoms with van der Waals surface area (Å²) in [5.41, 5.74) is 1.35. The maximum Gasteiger partial charge on any atom is 0.128 e. The molecule has 3 heterocycles. The third kappa shape index (κ3) is 2.66. The van der Waals surface area contributed by atoms with Gasteiger partial charge in [-0.15, -0.1) is 0 Å². The van der Waals surface area contributed by atoms with Crippen LogP contribution in [0.2, 0.25) is 0 Å². The summed E-state index contributed by atoms with van der Waals surface area (Å²) in [4.78, 5) is 6.83. The number of rotatable bonds is 2. The van der Waals surface area contributed by atoms with E-state index in [1.807, 2.05) is 24.1 Å². The van der Waals surface area contributed by atoms with Crippen LogP contribution < -0.4 is 4.90 Å². The lowest BCUT2D eigenvalue weighted by Crippen LogP contribution is -2.33. The summed E-state index contributed by atoms with van der Waals surface area (Å²) in [5, 5.41) is 4.26. The van der Waals surface area contributed by atoms with Gasteiger partial charge in [0.15, 0.2) is 0 Å². The molecule has 0 amide bonds. The number of hydrogen-bond acceptors (Lipinski definition) is 3. The summed E-state index contributed by atoms with van der Waals surface area (Å²) in [7, 11) is 2.03. The summed E-state index contributed by atoms with van der Waals surface area (Å²) in [5.74, 6) is 1.70. The van der Waals surface area contributed by atoms with Crippen molar-refractivity contribution in [3.05, 3.63) is 40.8 Å². The van der Waals surface area contributed by atoms with Gasteiger partial charge in [0.05, 0.1) is 0 Å². The zero-order chi connectivity index (χ0) is 13.2. The second kappa shape index (κ2) is 5.33. The van der Waals surface area contributed by atoms with Gasteiger partial charge in [0, 0.05) is 48.6 Å². The molecular formula is C14H17BrN4. The van der Waals surface area contributed by atoms with Crippen LogP contribution >= 0.6 is 15.9 Å². The lowest BCUT2D eigenvalue weighted by Gasteiger charge is -2.32. The van der Waals surface area contributed by atoms with Crippen molar-refractivity contribution in [2.45, 2.75) is 18.8 Å². The van der Waals surface area contributed by atoms with E-state index in [4.69, 9.17) is 0 Å². The van der Waals surface area contributed by atoms with Crippen molar-refractivity contribution in [2.75, 3.05) is 18.0 Å². The minimum atomic E-state index is 0.624. The van der Waals surface area contributed by atoms with Crippen molar-refractivity contribution < 1.29 is 0 Å². The van der Waals surface area contributed by atoms with E-state index in [0.29, 0.717) is 5.92 Å². The van der Waals surface area contributed by atoms with Crippen molar-refractivity contribution in [3.8, 4) is 0 Å². The van der Waals surface area contributed by atoms with E-state index in [1.54, 1.807) is 0 Å². The zero-order valence-electron chi connectivity index (χ0n) is 11.0. The van der Waals surface area contributed by atoms with Gasteiger partial charge in [-0.3, -0.25) is 4.68 Å². The fraction of sp³-hybridized carbons (Fsp3) is 0.429. The fourth-order valence-corrected chi connectivity index (χ4v) is 2.98. The van der Waals surface area contributed by atoms with Crippen molar-refractivity contribution in [3.63, 3.8) is 0 Å². The van der Waals surface area contributed by atoms with E-state index in [1.165, 1.54) is 5.69 Å². The van der Waals surface area contributed by atoms with Crippen molar-refractivity contribution in [1.29, 1.82) is 0 Å². The highest BCUT2D eigenvalue weighted by molar-refractivity contribution is 9.10. The molecule has 1 saturated heterocycles. The molecule has 5 heteroatoms. The summed E-state index contributed by atoms with van der Waals surface area (Å²) < 4.78 is 3.03. The molecule has 4 nitrogen and oxygen atoms in total. The second-order valence-electron chi connectivity index (χ2n) is 4.98. The Balaban J connectivity index is 1.66. The van der Waals surface area contributed by atoms with Crippen LogP contribution in [0.1, 0.15) is 24.5 Å². The fourth-order valence-electron chi connectivity index (χ4n) is 2.74. The van der Waals surface area contributed by atoms with Crippen LogP contribution in [0.25, 0.3) is 0 Å². The van der Waals surface area contributed by atoms with Gasteiger partial charge in [0.1, 0.15) is 5.82 Å². The first-order valence-corrected chi connectivity index (χ1v) is 7.38. The minimum Gasteiger partial charge on any atom is -0.357 e. The van der Waals surface area contributed by atoms with Crippen LogP contribution in [-0.2, 0) is 7.05 Å². The van der Waals surface area contributed by atoms with Gasteiger partial charge in [0.2, 0.25) is 0 Å². The Hall–Kier alpha value is -1.36. The largest absolute Gasteiger partial charge is 0.357 e. The van der Waals surface area contributed by atoms with Gasteiger partial charge >= 0.3 is 0 Å². The molecule has 0 bridgehead atoms. The van der Waals surface area contributed by atoms with Crippen LogP contribution in [-0.4, -0.2) is 27.9 Å². The van der Waals surface area contributed by atoms with Gasteiger partial charge in [-0.05, 0) is 47.0 Å². The summed E-state index contributed by atoms with van der Waals surface area (Å²) in [6.07, 6.45) is 6.08. The van der Waals surface area contributed by atoms with E-state index in [-0.39, 0.29) is 0 Å². The van der Waals surface area contributed by atoms with Crippen molar-refractivity contribution in [2.24, 2.45) is 7.05 Å². The van der Waals surface area contributed by atoms with Gasteiger partial charge in [-0.25, -0.2) is 4.98 Å². The summed E-state index contributed by atoms with van der Waals surface area (Å²) in [6.45, 7) is 2.12. The molecule has 2 aromatic heterocycles. The Labute approximate surface area is 121 Å². The molecule has 1 fully saturated rings. The molecule has 0 spiro atoms. The maximum atomic E-state index is 4.47. The lowest BCUT2D eigenvalue weighted by atomic mass is 9.93. The molecular weight excluding hydrogens is 304 g/mol. The van der Waals surface area contributed by atoms with E-state index < -0.39 is 0 Å². The first-order valence-electron chi connectivity index (χ1n) is 6.58. The van der Waals surface area contributed by atoms with Crippen LogP contribution in [0.3, 0.4) is 0 Å². The Morgan fingerprint density at radius 3 is 2.58 bits per heavy atom. The zero-order valence-corrected chi connectivity index (χ0v) is 12.5. The Morgan fingerprint density at radius 2 is 2.00 bits per heavy atom. The standard InChI is InChI=1S/C14H17BrN4/c1-18-13(4-7-17-18)11-5-8-19(9-6-11)14-3-2-12(15)10-16-14/h2-4,7,10-11H,5-6,8-9H2,1H3. The highest BCUT2D eigenvalue weighted by Crippen LogP contribution is 2.29. The first kappa shape index (κ1) is 12.7. The molecule has 2 aromatic rings. The predicted octanol–water partition coefficient (Wildman–Crippen LogP) is 2.96. The molecule has 0 aliphatic carbocycles. The van der Waals surface area contributed by atoms with Gasteiger partial charge in [-0.2, -0.15) is 5.10 Å². The molecule has 1 aliphatic rings. The van der Waals surface area contributed by atoms with Crippen LogP contribution in [0, 0.1) is 0 Å². The highest BCUT2D eigenvalue weighted by Gasteiger charge is 2.23. The number of nitrogens with zero attached hydrogens (tertiary/aromatic N) is 4.